The van der Waals surface area contributed by atoms with Gasteiger partial charge in [-0.05, 0) is 39.2 Å². The average molecular weight is 503 g/mol. The molecule has 0 radical (unpaired) electrons. The van der Waals surface area contributed by atoms with Gasteiger partial charge in [-0.1, -0.05) is 13.0 Å². The Morgan fingerprint density at radius 2 is 1.89 bits per heavy atom. The Morgan fingerprint density at radius 3 is 2.47 bits per heavy atom. The molecule has 2 aliphatic rings. The minimum absolute atomic E-state index is 0.103. The number of piperazine rings is 1. The molecule has 0 saturated carbocycles. The lowest BCUT2D eigenvalue weighted by Gasteiger charge is -2.37. The summed E-state index contributed by atoms with van der Waals surface area (Å²) in [5.41, 5.74) is 1.14. The number of esters is 1. The highest BCUT2D eigenvalue weighted by Crippen LogP contribution is 2.24. The Kier molecular flexibility index (Phi) is 7.34. The zero-order valence-electron chi connectivity index (χ0n) is 21.6. The molecular formula is C24H34N6O6. The summed E-state index contributed by atoms with van der Waals surface area (Å²) in [5, 5.41) is 4.53. The summed E-state index contributed by atoms with van der Waals surface area (Å²) in [7, 11) is 1.33. The number of fused-ring (bicyclic) bond motifs is 1. The van der Waals surface area contributed by atoms with Crippen LogP contribution < -0.4 is 10.5 Å². The van der Waals surface area contributed by atoms with Crippen molar-refractivity contribution < 1.29 is 23.8 Å². The number of rotatable bonds is 5. The molecule has 4 rings (SSSR count). The number of aromatic nitrogens is 4. The van der Waals surface area contributed by atoms with E-state index in [-0.39, 0.29) is 18.2 Å². The maximum Gasteiger partial charge on any atom is 0.410 e. The summed E-state index contributed by atoms with van der Waals surface area (Å²) < 4.78 is 18.8. The smallest absolute Gasteiger partial charge is 0.410 e. The summed E-state index contributed by atoms with van der Waals surface area (Å²) in [6.45, 7) is 10.0. The summed E-state index contributed by atoms with van der Waals surface area (Å²) in [5.74, 6) is 0.287. The van der Waals surface area contributed by atoms with Crippen LogP contribution >= 0.6 is 0 Å². The van der Waals surface area contributed by atoms with Crippen LogP contribution in [0.3, 0.4) is 0 Å². The molecular weight excluding hydrogens is 468 g/mol. The molecule has 2 aliphatic heterocycles. The first kappa shape index (κ1) is 25.7. The summed E-state index contributed by atoms with van der Waals surface area (Å²) in [6, 6.07) is 0. The van der Waals surface area contributed by atoms with E-state index >= 15 is 0 Å². The lowest BCUT2D eigenvalue weighted by molar-refractivity contribution is -0.141. The van der Waals surface area contributed by atoms with E-state index in [2.05, 4.69) is 10.1 Å². The van der Waals surface area contributed by atoms with Crippen molar-refractivity contribution in [2.24, 2.45) is 0 Å². The normalized spacial score (nSPS) is 16.8. The Bertz CT molecular complexity index is 1230. The van der Waals surface area contributed by atoms with Crippen molar-refractivity contribution in [2.45, 2.75) is 52.7 Å². The third-order valence-corrected chi connectivity index (χ3v) is 6.17. The van der Waals surface area contributed by atoms with E-state index in [1.807, 2.05) is 38.7 Å². The molecule has 1 fully saturated rings. The van der Waals surface area contributed by atoms with Crippen molar-refractivity contribution >= 4 is 29.1 Å². The van der Waals surface area contributed by atoms with E-state index in [1.54, 1.807) is 9.47 Å². The molecule has 0 bridgehead atoms. The maximum absolute atomic E-state index is 13.8. The first-order valence-corrected chi connectivity index (χ1v) is 12.2. The highest BCUT2D eigenvalue weighted by Gasteiger charge is 2.30. The Morgan fingerprint density at radius 1 is 1.17 bits per heavy atom. The first-order valence-electron chi connectivity index (χ1n) is 12.2. The van der Waals surface area contributed by atoms with Crippen LogP contribution in [0.1, 0.15) is 45.6 Å². The van der Waals surface area contributed by atoms with Crippen LogP contribution in [-0.4, -0.2) is 88.2 Å². The van der Waals surface area contributed by atoms with Crippen LogP contribution in [0.4, 0.5) is 10.5 Å². The van der Waals surface area contributed by atoms with Gasteiger partial charge in [0.05, 0.1) is 26.0 Å². The molecule has 0 atom stereocenters. The maximum atomic E-state index is 13.8. The predicted molar refractivity (Wildman–Crippen MR) is 132 cm³/mol. The number of carbonyl (C=O) groups excluding carboxylic acids is 2. The van der Waals surface area contributed by atoms with E-state index in [9.17, 15) is 14.4 Å². The molecule has 36 heavy (non-hydrogen) atoms. The van der Waals surface area contributed by atoms with E-state index in [4.69, 9.17) is 14.2 Å². The van der Waals surface area contributed by atoms with Crippen LogP contribution in [0, 0.1) is 0 Å². The number of methoxy groups -OCH3 is 1. The molecule has 4 heterocycles. The number of nitrogens with zero attached hydrogens (tertiary/aromatic N) is 6. The first-order chi connectivity index (χ1) is 17.1. The van der Waals surface area contributed by atoms with Gasteiger partial charge in [-0.25, -0.2) is 4.79 Å². The molecule has 0 aromatic carbocycles. The molecule has 0 N–H and O–H groups in total. The van der Waals surface area contributed by atoms with Gasteiger partial charge >= 0.3 is 12.1 Å². The van der Waals surface area contributed by atoms with Crippen LogP contribution in [0.2, 0.25) is 0 Å². The minimum atomic E-state index is -0.582. The molecule has 0 unspecified atom stereocenters. The molecule has 12 heteroatoms. The third-order valence-electron chi connectivity index (χ3n) is 6.17. The zero-order chi connectivity index (χ0) is 26.0. The molecule has 2 aromatic heterocycles. The Balaban J connectivity index is 1.74. The predicted octanol–water partition coefficient (Wildman–Crippen LogP) is 1.49. The largest absolute Gasteiger partial charge is 0.468 e. The lowest BCUT2D eigenvalue weighted by Crippen LogP contribution is -2.51. The summed E-state index contributed by atoms with van der Waals surface area (Å²) in [4.78, 5) is 46.8. The van der Waals surface area contributed by atoms with Gasteiger partial charge in [-0.2, -0.15) is 9.50 Å². The standard InChI is InChI=1S/C24H34N6O6/c1-6-17-19(27-9-11-28(12-10-27)23(33)36-24(2,3)4)21(32)30-22(29(17)15-18(31)34-5)25-20(26-30)16-7-13-35-14-8-16/h7H,6,8-15H2,1-5H3. The number of anilines is 1. The number of hydrogen-bond acceptors (Lipinski definition) is 9. The van der Waals surface area contributed by atoms with Crippen molar-refractivity contribution in [1.82, 2.24) is 24.1 Å². The van der Waals surface area contributed by atoms with Gasteiger partial charge in [0.2, 0.25) is 5.78 Å². The number of carbonyl (C=O) groups is 2. The second-order valence-corrected chi connectivity index (χ2v) is 9.77. The van der Waals surface area contributed by atoms with Crippen molar-refractivity contribution in [2.75, 3.05) is 51.4 Å². The van der Waals surface area contributed by atoms with E-state index in [1.165, 1.54) is 11.6 Å². The van der Waals surface area contributed by atoms with E-state index < -0.39 is 11.6 Å². The highest BCUT2D eigenvalue weighted by molar-refractivity contribution is 5.71. The summed E-state index contributed by atoms with van der Waals surface area (Å²) >= 11 is 0. The molecule has 12 nitrogen and oxygen atoms in total. The van der Waals surface area contributed by atoms with E-state index in [0.717, 1.165) is 5.57 Å². The lowest BCUT2D eigenvalue weighted by atomic mass is 10.1. The van der Waals surface area contributed by atoms with Gasteiger partial charge in [-0.3, -0.25) is 9.59 Å². The Hall–Kier alpha value is -3.41. The molecule has 2 aromatic rings. The SMILES string of the molecule is CCc1c(N2CCN(C(=O)OC(C)(C)C)CC2)c(=O)n2nc(C3=CCOCC3)nc2n1CC(=O)OC. The van der Waals surface area contributed by atoms with Crippen molar-refractivity contribution in [3.8, 4) is 0 Å². The van der Waals surface area contributed by atoms with Crippen molar-refractivity contribution in [1.29, 1.82) is 0 Å². The van der Waals surface area contributed by atoms with Crippen molar-refractivity contribution in [3.05, 3.63) is 27.9 Å². The fraction of sp³-hybridized carbons (Fsp3) is 0.625. The molecule has 0 spiro atoms. The van der Waals surface area contributed by atoms with Gasteiger partial charge < -0.3 is 28.6 Å². The molecule has 0 aliphatic carbocycles. The van der Waals surface area contributed by atoms with Crippen LogP contribution in [0.5, 0.6) is 0 Å². The number of amides is 1. The quantitative estimate of drug-likeness (QED) is 0.560. The van der Waals surface area contributed by atoms with E-state index in [0.29, 0.717) is 75.2 Å². The second-order valence-electron chi connectivity index (χ2n) is 9.77. The highest BCUT2D eigenvalue weighted by atomic mass is 16.6. The number of hydrogen-bond donors (Lipinski definition) is 0. The van der Waals surface area contributed by atoms with Crippen LogP contribution in [0.15, 0.2) is 10.9 Å². The van der Waals surface area contributed by atoms with Gasteiger partial charge in [0.15, 0.2) is 5.82 Å². The van der Waals surface area contributed by atoms with Gasteiger partial charge in [0.1, 0.15) is 17.8 Å². The third kappa shape index (κ3) is 5.23. The van der Waals surface area contributed by atoms with Gasteiger partial charge in [0.25, 0.3) is 5.56 Å². The van der Waals surface area contributed by atoms with Crippen LogP contribution in [0.25, 0.3) is 11.4 Å². The average Bonchev–Trinajstić information content (AvgIpc) is 3.31. The monoisotopic (exact) mass is 502 g/mol. The fourth-order valence-corrected chi connectivity index (χ4v) is 4.43. The van der Waals surface area contributed by atoms with Crippen molar-refractivity contribution in [3.63, 3.8) is 0 Å². The molecule has 1 amide bonds. The summed E-state index contributed by atoms with van der Waals surface area (Å²) in [6.07, 6.45) is 2.66. The second kappa shape index (κ2) is 10.3. The number of ether oxygens (including phenoxy) is 3. The topological polar surface area (TPSA) is 121 Å². The molecule has 1 saturated heterocycles. The van der Waals surface area contributed by atoms with Gasteiger partial charge in [0, 0.05) is 26.2 Å². The van der Waals surface area contributed by atoms with Crippen LogP contribution in [-0.2, 0) is 32.0 Å². The molecule has 196 valence electrons. The van der Waals surface area contributed by atoms with Gasteiger partial charge in [-0.15, -0.1) is 5.10 Å². The Labute approximate surface area is 209 Å². The fourth-order valence-electron chi connectivity index (χ4n) is 4.43. The zero-order valence-corrected chi connectivity index (χ0v) is 21.6. The minimum Gasteiger partial charge on any atom is -0.468 e.